The number of alkyl halides is 3. The monoisotopic (exact) mass is 541 g/mol. The molecule has 0 saturated carbocycles. The zero-order valence-electron chi connectivity index (χ0n) is 21.7. The second kappa shape index (κ2) is 9.79. The summed E-state index contributed by atoms with van der Waals surface area (Å²) < 4.78 is 44.9. The third-order valence-corrected chi connectivity index (χ3v) is 7.39. The summed E-state index contributed by atoms with van der Waals surface area (Å²) in [5, 5.41) is 2.16. The number of nitrogens with zero attached hydrogens (tertiary/aromatic N) is 1. The van der Waals surface area contributed by atoms with Crippen LogP contribution in [-0.2, 0) is 6.18 Å². The Morgan fingerprint density at radius 3 is 1.73 bits per heavy atom. The number of hydrogen-bond acceptors (Lipinski definition) is 2. The molecule has 0 bridgehead atoms. The number of oxazole rings is 1. The van der Waals surface area contributed by atoms with Crippen LogP contribution in [0.5, 0.6) is 0 Å². The second-order valence-electron chi connectivity index (χ2n) is 9.93. The Balaban J connectivity index is 1.23. The number of aromatic nitrogens is 1. The first-order valence-electron chi connectivity index (χ1n) is 13.2. The molecule has 0 atom stereocenters. The van der Waals surface area contributed by atoms with E-state index in [4.69, 9.17) is 9.40 Å². The lowest BCUT2D eigenvalue weighted by atomic mass is 9.92. The average Bonchev–Trinajstić information content (AvgIpc) is 3.44. The zero-order valence-corrected chi connectivity index (χ0v) is 21.7. The molecule has 0 aliphatic rings. The van der Waals surface area contributed by atoms with Crippen molar-refractivity contribution in [2.24, 2.45) is 0 Å². The van der Waals surface area contributed by atoms with Gasteiger partial charge in [-0.05, 0) is 80.6 Å². The third-order valence-electron chi connectivity index (χ3n) is 7.39. The SMILES string of the molecule is FC(F)(F)c1ccc(-c2ccc(-c3cccc(-c4ccc(-c5nc6ccccc6o5)c5ccccc45)c3)cc2)cc1. The van der Waals surface area contributed by atoms with Gasteiger partial charge in [0.2, 0.25) is 5.89 Å². The van der Waals surface area contributed by atoms with Crippen LogP contribution in [0, 0.1) is 0 Å². The summed E-state index contributed by atoms with van der Waals surface area (Å²) >= 11 is 0. The predicted octanol–water partition coefficient (Wildman–Crippen LogP) is 10.7. The van der Waals surface area contributed by atoms with Gasteiger partial charge in [-0.25, -0.2) is 4.98 Å². The highest BCUT2D eigenvalue weighted by Crippen LogP contribution is 2.38. The van der Waals surface area contributed by atoms with E-state index >= 15 is 0 Å². The van der Waals surface area contributed by atoms with Crippen LogP contribution in [0.3, 0.4) is 0 Å². The maximum Gasteiger partial charge on any atom is 0.416 e. The molecule has 1 aromatic heterocycles. The molecule has 0 N–H and O–H groups in total. The van der Waals surface area contributed by atoms with E-state index in [0.29, 0.717) is 5.89 Å². The Hall–Kier alpha value is -5.16. The summed E-state index contributed by atoms with van der Waals surface area (Å²) in [5.74, 6) is 0.593. The van der Waals surface area contributed by atoms with Crippen LogP contribution in [0.4, 0.5) is 13.2 Å². The van der Waals surface area contributed by atoms with Gasteiger partial charge in [-0.2, -0.15) is 13.2 Å². The Labute approximate surface area is 234 Å². The van der Waals surface area contributed by atoms with Crippen LogP contribution in [0.25, 0.3) is 66.7 Å². The van der Waals surface area contributed by atoms with Crippen molar-refractivity contribution in [2.45, 2.75) is 6.18 Å². The van der Waals surface area contributed by atoms with Gasteiger partial charge in [-0.3, -0.25) is 0 Å². The van der Waals surface area contributed by atoms with Gasteiger partial charge in [0, 0.05) is 5.56 Å². The first-order valence-corrected chi connectivity index (χ1v) is 13.2. The van der Waals surface area contributed by atoms with Crippen molar-refractivity contribution in [1.29, 1.82) is 0 Å². The van der Waals surface area contributed by atoms with Gasteiger partial charge in [-0.1, -0.05) is 97.1 Å². The summed E-state index contributed by atoms with van der Waals surface area (Å²) in [6.45, 7) is 0. The standard InChI is InChI=1S/C36H22F3NO/c37-36(38,39)28-18-16-24(17-19-28)23-12-14-25(15-13-23)26-6-5-7-27(22-26)29-20-21-32(31-9-2-1-8-30(29)31)35-40-33-10-3-4-11-34(33)41-35/h1-22H. The third kappa shape index (κ3) is 4.66. The minimum absolute atomic E-state index is 0.593. The van der Waals surface area contributed by atoms with E-state index in [-0.39, 0.29) is 0 Å². The number of rotatable bonds is 4. The maximum absolute atomic E-state index is 12.9. The lowest BCUT2D eigenvalue weighted by Crippen LogP contribution is -2.03. The fourth-order valence-corrected chi connectivity index (χ4v) is 5.30. The van der Waals surface area contributed by atoms with Crippen LogP contribution in [0.2, 0.25) is 0 Å². The lowest BCUT2D eigenvalue weighted by Gasteiger charge is -2.12. The molecule has 1 heterocycles. The number of halogens is 3. The van der Waals surface area contributed by atoms with Crippen LogP contribution < -0.4 is 0 Å². The first kappa shape index (κ1) is 24.9. The molecule has 0 spiro atoms. The molecule has 0 unspecified atom stereocenters. The van der Waals surface area contributed by atoms with Crippen molar-refractivity contribution in [3.05, 3.63) is 139 Å². The minimum atomic E-state index is -4.34. The van der Waals surface area contributed by atoms with E-state index < -0.39 is 11.7 Å². The van der Waals surface area contributed by atoms with E-state index in [1.165, 1.54) is 12.1 Å². The fraction of sp³-hybridized carbons (Fsp3) is 0.0278. The molecule has 0 aliphatic heterocycles. The molecule has 0 amide bonds. The maximum atomic E-state index is 12.9. The van der Waals surface area contributed by atoms with E-state index in [2.05, 4.69) is 42.5 Å². The largest absolute Gasteiger partial charge is 0.436 e. The normalized spacial score (nSPS) is 11.8. The van der Waals surface area contributed by atoms with E-state index in [1.54, 1.807) is 0 Å². The van der Waals surface area contributed by atoms with E-state index in [0.717, 1.165) is 72.9 Å². The van der Waals surface area contributed by atoms with Gasteiger partial charge in [-0.15, -0.1) is 0 Å². The molecule has 7 aromatic rings. The summed E-state index contributed by atoms with van der Waals surface area (Å²) in [5.41, 5.74) is 7.73. The minimum Gasteiger partial charge on any atom is -0.436 e. The highest BCUT2D eigenvalue weighted by Gasteiger charge is 2.30. The highest BCUT2D eigenvalue weighted by molar-refractivity contribution is 6.04. The lowest BCUT2D eigenvalue weighted by molar-refractivity contribution is -0.137. The number of fused-ring (bicyclic) bond motifs is 2. The first-order chi connectivity index (χ1) is 19.9. The molecule has 0 fully saturated rings. The van der Waals surface area contributed by atoms with Gasteiger partial charge in [0.1, 0.15) is 5.52 Å². The van der Waals surface area contributed by atoms with Gasteiger partial charge in [0.25, 0.3) is 0 Å². The Morgan fingerprint density at radius 1 is 0.488 bits per heavy atom. The summed E-state index contributed by atoms with van der Waals surface area (Å²) in [6, 6.07) is 41.7. The van der Waals surface area contributed by atoms with E-state index in [9.17, 15) is 13.2 Å². The summed E-state index contributed by atoms with van der Waals surface area (Å²) in [4.78, 5) is 4.72. The average molecular weight is 542 g/mol. The molecule has 5 heteroatoms. The smallest absolute Gasteiger partial charge is 0.416 e. The molecule has 0 saturated heterocycles. The molecule has 198 valence electrons. The number of hydrogen-bond donors (Lipinski definition) is 0. The number of benzene rings is 6. The van der Waals surface area contributed by atoms with Crippen molar-refractivity contribution >= 4 is 21.9 Å². The fourth-order valence-electron chi connectivity index (χ4n) is 5.30. The molecule has 41 heavy (non-hydrogen) atoms. The van der Waals surface area contributed by atoms with Gasteiger partial charge >= 0.3 is 6.18 Å². The summed E-state index contributed by atoms with van der Waals surface area (Å²) in [6.07, 6.45) is -4.34. The Bertz CT molecular complexity index is 1990. The van der Waals surface area contributed by atoms with Crippen molar-refractivity contribution in [1.82, 2.24) is 4.98 Å². The van der Waals surface area contributed by atoms with Crippen molar-refractivity contribution in [2.75, 3.05) is 0 Å². The Morgan fingerprint density at radius 2 is 1.05 bits per heavy atom. The van der Waals surface area contributed by atoms with Gasteiger partial charge in [0.15, 0.2) is 5.58 Å². The quantitative estimate of drug-likeness (QED) is 0.222. The highest BCUT2D eigenvalue weighted by atomic mass is 19.4. The number of para-hydroxylation sites is 2. The van der Waals surface area contributed by atoms with Crippen LogP contribution in [-0.4, -0.2) is 4.98 Å². The Kier molecular flexibility index (Phi) is 5.93. The van der Waals surface area contributed by atoms with Crippen LogP contribution >= 0.6 is 0 Å². The molecule has 6 aromatic carbocycles. The van der Waals surface area contributed by atoms with E-state index in [1.807, 2.05) is 66.7 Å². The van der Waals surface area contributed by atoms with Crippen molar-refractivity contribution in [3.8, 4) is 44.8 Å². The summed E-state index contributed by atoms with van der Waals surface area (Å²) in [7, 11) is 0. The predicted molar refractivity (Wildman–Crippen MR) is 158 cm³/mol. The molecule has 2 nitrogen and oxygen atoms in total. The molecular weight excluding hydrogens is 519 g/mol. The van der Waals surface area contributed by atoms with Crippen molar-refractivity contribution in [3.63, 3.8) is 0 Å². The molecule has 0 aliphatic carbocycles. The molecule has 7 rings (SSSR count). The molecular formula is C36H22F3NO. The van der Waals surface area contributed by atoms with Crippen molar-refractivity contribution < 1.29 is 17.6 Å². The van der Waals surface area contributed by atoms with Crippen LogP contribution in [0.15, 0.2) is 138 Å². The van der Waals surface area contributed by atoms with Gasteiger partial charge in [0.05, 0.1) is 5.56 Å². The zero-order chi connectivity index (χ0) is 28.0. The second-order valence-corrected chi connectivity index (χ2v) is 9.93. The van der Waals surface area contributed by atoms with Gasteiger partial charge < -0.3 is 4.42 Å². The topological polar surface area (TPSA) is 26.0 Å². The van der Waals surface area contributed by atoms with Crippen LogP contribution in [0.1, 0.15) is 5.56 Å². The molecule has 0 radical (unpaired) electrons.